The van der Waals surface area contributed by atoms with Crippen LogP contribution in [0, 0.1) is 4.84 Å². The fourth-order valence-electron chi connectivity index (χ4n) is 3.08. The Hall–Kier alpha value is -0.890. The molecule has 1 fully saturated rings. The highest BCUT2D eigenvalue weighted by Crippen LogP contribution is 2.24. The van der Waals surface area contributed by atoms with Gasteiger partial charge in [-0.1, -0.05) is 18.5 Å². The van der Waals surface area contributed by atoms with Gasteiger partial charge in [0.1, 0.15) is 0 Å². The van der Waals surface area contributed by atoms with E-state index in [4.69, 9.17) is 28.2 Å². The number of fused-ring (bicyclic) bond motifs is 1. The first-order valence-electron chi connectivity index (χ1n) is 7.63. The van der Waals surface area contributed by atoms with Crippen molar-refractivity contribution in [3.63, 3.8) is 0 Å². The lowest BCUT2D eigenvalue weighted by atomic mass is 10.2. The maximum Gasteiger partial charge on any atom is 0.270 e. The summed E-state index contributed by atoms with van der Waals surface area (Å²) in [5.41, 5.74) is 1.53. The SMILES string of the molecule is CCCN(Cn1c(=S)oc2cc(Cl)ccc21)C1CCS(=O)(=O)C1. The Balaban J connectivity index is 1.92. The molecule has 1 unspecified atom stereocenters. The quantitative estimate of drug-likeness (QED) is 0.750. The summed E-state index contributed by atoms with van der Waals surface area (Å²) in [5.74, 6) is 0.493. The fourth-order valence-corrected chi connectivity index (χ4v) is 5.24. The van der Waals surface area contributed by atoms with E-state index >= 15 is 0 Å². The molecule has 1 aromatic heterocycles. The van der Waals surface area contributed by atoms with E-state index in [2.05, 4.69) is 11.8 Å². The predicted molar refractivity (Wildman–Crippen MR) is 94.1 cm³/mol. The Morgan fingerprint density at radius 3 is 2.91 bits per heavy atom. The molecule has 0 bridgehead atoms. The molecule has 5 nitrogen and oxygen atoms in total. The van der Waals surface area contributed by atoms with E-state index in [-0.39, 0.29) is 17.5 Å². The molecular formula is C15H19ClN2O3S2. The van der Waals surface area contributed by atoms with E-state index in [9.17, 15) is 8.42 Å². The van der Waals surface area contributed by atoms with Crippen LogP contribution in [0.4, 0.5) is 0 Å². The Kier molecular flexibility index (Phi) is 4.83. The molecule has 0 saturated carbocycles. The average molecular weight is 375 g/mol. The van der Waals surface area contributed by atoms with Crippen LogP contribution in [0.25, 0.3) is 11.1 Å². The van der Waals surface area contributed by atoms with Crippen LogP contribution in [-0.4, -0.2) is 42.0 Å². The number of sulfone groups is 1. The Morgan fingerprint density at radius 1 is 1.48 bits per heavy atom. The lowest BCUT2D eigenvalue weighted by Gasteiger charge is -2.27. The van der Waals surface area contributed by atoms with Gasteiger partial charge in [-0.25, -0.2) is 8.42 Å². The number of hydrogen-bond donors (Lipinski definition) is 0. The van der Waals surface area contributed by atoms with Gasteiger partial charge in [0.25, 0.3) is 4.84 Å². The summed E-state index contributed by atoms with van der Waals surface area (Å²) in [6.07, 6.45) is 1.63. The summed E-state index contributed by atoms with van der Waals surface area (Å²) in [6.45, 7) is 3.44. The summed E-state index contributed by atoms with van der Waals surface area (Å²) in [6, 6.07) is 5.47. The first-order valence-corrected chi connectivity index (χ1v) is 10.2. The summed E-state index contributed by atoms with van der Waals surface area (Å²) in [4.78, 5) is 2.56. The molecule has 0 radical (unpaired) electrons. The molecule has 1 aliphatic rings. The maximum atomic E-state index is 11.8. The largest absolute Gasteiger partial charge is 0.429 e. The average Bonchev–Trinajstić information content (AvgIpc) is 2.98. The molecule has 2 heterocycles. The number of oxazole rings is 1. The van der Waals surface area contributed by atoms with Crippen LogP contribution in [0.2, 0.25) is 5.02 Å². The van der Waals surface area contributed by atoms with Gasteiger partial charge in [0, 0.05) is 17.1 Å². The molecule has 3 rings (SSSR count). The molecule has 0 spiro atoms. The number of halogens is 1. The van der Waals surface area contributed by atoms with E-state index in [1.807, 2.05) is 10.6 Å². The first-order chi connectivity index (χ1) is 10.9. The topological polar surface area (TPSA) is 55.5 Å². The minimum Gasteiger partial charge on any atom is -0.429 e. The molecule has 1 saturated heterocycles. The number of aromatic nitrogens is 1. The highest BCUT2D eigenvalue weighted by molar-refractivity contribution is 7.91. The third-order valence-corrected chi connectivity index (χ3v) is 6.48. The van der Waals surface area contributed by atoms with Crippen LogP contribution in [0.1, 0.15) is 19.8 Å². The van der Waals surface area contributed by atoms with Crippen LogP contribution in [0.15, 0.2) is 22.6 Å². The molecule has 0 aliphatic carbocycles. The zero-order valence-electron chi connectivity index (χ0n) is 12.9. The Labute approximate surface area is 145 Å². The van der Waals surface area contributed by atoms with Crippen molar-refractivity contribution in [1.29, 1.82) is 0 Å². The standard InChI is InChI=1S/C15H19ClN2O3S2/c1-2-6-17(12-5-7-23(19,20)9-12)10-18-13-4-3-11(16)8-14(13)21-15(18)22/h3-4,8,12H,2,5-7,9-10H2,1H3. The van der Waals surface area contributed by atoms with Crippen molar-refractivity contribution in [3.8, 4) is 0 Å². The second-order valence-corrected chi connectivity index (χ2v) is 8.93. The molecule has 1 atom stereocenters. The third-order valence-electron chi connectivity index (χ3n) is 4.19. The second-order valence-electron chi connectivity index (χ2n) is 5.92. The van der Waals surface area contributed by atoms with Gasteiger partial charge in [0.15, 0.2) is 15.4 Å². The van der Waals surface area contributed by atoms with Crippen molar-refractivity contribution in [2.24, 2.45) is 0 Å². The molecular weight excluding hydrogens is 356 g/mol. The molecule has 1 aliphatic heterocycles. The van der Waals surface area contributed by atoms with Gasteiger partial charge in [0.05, 0.1) is 23.7 Å². The van der Waals surface area contributed by atoms with Gasteiger partial charge in [0.2, 0.25) is 0 Å². The molecule has 8 heteroatoms. The second kappa shape index (κ2) is 6.55. The fraction of sp³-hybridized carbons (Fsp3) is 0.533. The smallest absolute Gasteiger partial charge is 0.270 e. The van der Waals surface area contributed by atoms with E-state index in [1.54, 1.807) is 12.1 Å². The van der Waals surface area contributed by atoms with E-state index in [1.165, 1.54) is 0 Å². The van der Waals surface area contributed by atoms with Crippen molar-refractivity contribution in [3.05, 3.63) is 28.1 Å². The molecule has 1 aromatic carbocycles. The predicted octanol–water partition coefficient (Wildman–Crippen LogP) is 3.47. The molecule has 126 valence electrons. The lowest BCUT2D eigenvalue weighted by molar-refractivity contribution is 0.164. The maximum absolute atomic E-state index is 11.8. The number of benzene rings is 1. The van der Waals surface area contributed by atoms with Crippen molar-refractivity contribution in [1.82, 2.24) is 9.47 Å². The van der Waals surface area contributed by atoms with Crippen LogP contribution in [0.3, 0.4) is 0 Å². The highest BCUT2D eigenvalue weighted by Gasteiger charge is 2.32. The first kappa shape index (κ1) is 17.0. The monoisotopic (exact) mass is 374 g/mol. The molecule has 0 N–H and O–H groups in total. The summed E-state index contributed by atoms with van der Waals surface area (Å²) in [5, 5.41) is 0.598. The Bertz CT molecular complexity index is 872. The van der Waals surface area contributed by atoms with Crippen molar-refractivity contribution < 1.29 is 12.8 Å². The van der Waals surface area contributed by atoms with E-state index in [0.29, 0.717) is 28.5 Å². The molecule has 2 aromatic rings. The van der Waals surface area contributed by atoms with Crippen LogP contribution >= 0.6 is 23.8 Å². The van der Waals surface area contributed by atoms with Gasteiger partial charge in [-0.15, -0.1) is 0 Å². The van der Waals surface area contributed by atoms with Gasteiger partial charge < -0.3 is 4.42 Å². The minimum atomic E-state index is -2.91. The van der Waals surface area contributed by atoms with Crippen molar-refractivity contribution >= 4 is 44.8 Å². The number of hydrogen-bond acceptors (Lipinski definition) is 5. The highest BCUT2D eigenvalue weighted by atomic mass is 35.5. The third kappa shape index (κ3) is 3.63. The zero-order chi connectivity index (χ0) is 16.6. The van der Waals surface area contributed by atoms with Crippen molar-refractivity contribution in [2.75, 3.05) is 18.1 Å². The van der Waals surface area contributed by atoms with E-state index in [0.717, 1.165) is 18.5 Å². The number of rotatable bonds is 5. The van der Waals surface area contributed by atoms with Crippen molar-refractivity contribution in [2.45, 2.75) is 32.5 Å². The lowest BCUT2D eigenvalue weighted by Crippen LogP contribution is -2.38. The van der Waals surface area contributed by atoms with Gasteiger partial charge in [-0.3, -0.25) is 9.47 Å². The molecule has 23 heavy (non-hydrogen) atoms. The minimum absolute atomic E-state index is 0.0408. The Morgan fingerprint density at radius 2 is 2.26 bits per heavy atom. The van der Waals surface area contributed by atoms with Gasteiger partial charge in [-0.2, -0.15) is 0 Å². The van der Waals surface area contributed by atoms with Crippen LogP contribution in [0.5, 0.6) is 0 Å². The zero-order valence-corrected chi connectivity index (χ0v) is 15.3. The molecule has 0 amide bonds. The number of nitrogens with zero attached hydrogens (tertiary/aromatic N) is 2. The summed E-state index contributed by atoms with van der Waals surface area (Å²) < 4.78 is 31.1. The summed E-state index contributed by atoms with van der Waals surface area (Å²) >= 11 is 11.3. The summed E-state index contributed by atoms with van der Waals surface area (Å²) in [7, 11) is -2.91. The van der Waals surface area contributed by atoms with Crippen LogP contribution < -0.4 is 0 Å². The van der Waals surface area contributed by atoms with Crippen LogP contribution in [-0.2, 0) is 16.5 Å². The normalized spacial score (nSPS) is 20.6. The van der Waals surface area contributed by atoms with Gasteiger partial charge in [-0.05, 0) is 43.7 Å². The van der Waals surface area contributed by atoms with Gasteiger partial charge >= 0.3 is 0 Å². The van der Waals surface area contributed by atoms with E-state index < -0.39 is 9.84 Å².